The summed E-state index contributed by atoms with van der Waals surface area (Å²) in [6, 6.07) is 12.8. The number of alkyl halides is 1. The number of nitrogens with one attached hydrogen (secondary N) is 1. The number of aromatic nitrogens is 2. The second-order valence-corrected chi connectivity index (χ2v) is 8.98. The van der Waals surface area contributed by atoms with Gasteiger partial charge in [-0.3, -0.25) is 4.39 Å². The molecule has 1 aromatic heterocycles. The van der Waals surface area contributed by atoms with Crippen LogP contribution in [0.4, 0.5) is 9.18 Å². The standard InChI is InChI=1S/C26H33FN4O.C2H6/c1-4-11-31(26(32)30-12-9-20(16-27)10-13-30)17-23-14-21(6-5-18(23)2)22-7-8-24-25(15-22)29-19(3)28-24;1-2/h5-8,14-15,20H,4,9-13,16-17H2,1-3H3,(H,28,29);1-2H3. The Balaban J connectivity index is 0.00000158. The molecule has 4 rings (SSSR count). The van der Waals surface area contributed by atoms with Crippen LogP contribution in [0.25, 0.3) is 22.2 Å². The van der Waals surface area contributed by atoms with Gasteiger partial charge in [-0.1, -0.05) is 39.0 Å². The first-order chi connectivity index (χ1) is 16.5. The van der Waals surface area contributed by atoms with Crippen molar-refractivity contribution in [3.05, 3.63) is 53.3 Å². The highest BCUT2D eigenvalue weighted by Crippen LogP contribution is 2.27. The number of likely N-dealkylation sites (tertiary alicyclic amines) is 1. The number of carbonyl (C=O) groups is 1. The number of hydrogen-bond acceptors (Lipinski definition) is 2. The van der Waals surface area contributed by atoms with Gasteiger partial charge in [0.2, 0.25) is 0 Å². The monoisotopic (exact) mass is 466 g/mol. The quantitative estimate of drug-likeness (QED) is 0.430. The van der Waals surface area contributed by atoms with E-state index < -0.39 is 0 Å². The smallest absolute Gasteiger partial charge is 0.320 e. The zero-order valence-electron chi connectivity index (χ0n) is 21.3. The lowest BCUT2D eigenvalue weighted by Gasteiger charge is -2.35. The number of hydrogen-bond donors (Lipinski definition) is 1. The van der Waals surface area contributed by atoms with E-state index in [9.17, 15) is 9.18 Å². The van der Waals surface area contributed by atoms with Gasteiger partial charge in [0.1, 0.15) is 5.82 Å². The first-order valence-corrected chi connectivity index (χ1v) is 12.6. The Bertz CT molecular complexity index is 1090. The third kappa shape index (κ3) is 5.96. The molecule has 5 nitrogen and oxygen atoms in total. The van der Waals surface area contributed by atoms with Crippen molar-refractivity contribution in [3.63, 3.8) is 0 Å². The Morgan fingerprint density at radius 1 is 1.12 bits per heavy atom. The fourth-order valence-electron chi connectivity index (χ4n) is 4.53. The maximum Gasteiger partial charge on any atom is 0.320 e. The number of H-pyrrole nitrogens is 1. The highest BCUT2D eigenvalue weighted by Gasteiger charge is 2.26. The van der Waals surface area contributed by atoms with Gasteiger partial charge in [0.25, 0.3) is 0 Å². The lowest BCUT2D eigenvalue weighted by atomic mass is 9.98. The van der Waals surface area contributed by atoms with Gasteiger partial charge in [-0.25, -0.2) is 9.78 Å². The van der Waals surface area contributed by atoms with Crippen LogP contribution in [0.1, 0.15) is 57.0 Å². The number of piperidine rings is 1. The first kappa shape index (κ1) is 25.7. The third-order valence-electron chi connectivity index (χ3n) is 6.51. The molecular formula is C28H39FN4O. The highest BCUT2D eigenvalue weighted by molar-refractivity contribution is 5.82. The molecule has 1 aliphatic rings. The second kappa shape index (κ2) is 12.0. The number of carbonyl (C=O) groups excluding carboxylic acids is 1. The van der Waals surface area contributed by atoms with Gasteiger partial charge >= 0.3 is 6.03 Å². The molecular weight excluding hydrogens is 427 g/mol. The Hall–Kier alpha value is -2.89. The number of halogens is 1. The molecule has 0 spiro atoms. The molecule has 0 aliphatic carbocycles. The van der Waals surface area contributed by atoms with Crippen molar-refractivity contribution in [1.82, 2.24) is 19.8 Å². The molecule has 34 heavy (non-hydrogen) atoms. The third-order valence-corrected chi connectivity index (χ3v) is 6.51. The van der Waals surface area contributed by atoms with Crippen LogP contribution in [-0.2, 0) is 6.54 Å². The molecule has 6 heteroatoms. The van der Waals surface area contributed by atoms with E-state index in [1.165, 1.54) is 5.56 Å². The largest absolute Gasteiger partial charge is 0.342 e. The molecule has 1 aliphatic heterocycles. The van der Waals surface area contributed by atoms with Crippen LogP contribution < -0.4 is 0 Å². The summed E-state index contributed by atoms with van der Waals surface area (Å²) in [5.41, 5.74) is 6.59. The summed E-state index contributed by atoms with van der Waals surface area (Å²) < 4.78 is 13.0. The molecule has 0 radical (unpaired) electrons. The number of aromatic amines is 1. The average Bonchev–Trinajstić information content (AvgIpc) is 3.25. The number of nitrogens with zero attached hydrogens (tertiary/aromatic N) is 3. The first-order valence-electron chi connectivity index (χ1n) is 12.6. The maximum atomic E-state index is 13.2. The van der Waals surface area contributed by atoms with Crippen molar-refractivity contribution < 1.29 is 9.18 Å². The van der Waals surface area contributed by atoms with E-state index in [1.54, 1.807) is 0 Å². The number of fused-ring (bicyclic) bond motifs is 1. The fourth-order valence-corrected chi connectivity index (χ4v) is 4.53. The molecule has 0 unspecified atom stereocenters. The Morgan fingerprint density at radius 3 is 2.47 bits per heavy atom. The maximum absolute atomic E-state index is 13.2. The van der Waals surface area contributed by atoms with Crippen molar-refractivity contribution in [2.24, 2.45) is 5.92 Å². The highest BCUT2D eigenvalue weighted by atomic mass is 19.1. The van der Waals surface area contributed by atoms with E-state index in [4.69, 9.17) is 0 Å². The van der Waals surface area contributed by atoms with Crippen LogP contribution >= 0.6 is 0 Å². The molecule has 1 saturated heterocycles. The Morgan fingerprint density at radius 2 is 1.79 bits per heavy atom. The zero-order valence-corrected chi connectivity index (χ0v) is 21.3. The van der Waals surface area contributed by atoms with E-state index in [-0.39, 0.29) is 18.6 Å². The summed E-state index contributed by atoms with van der Waals surface area (Å²) in [4.78, 5) is 24.9. The van der Waals surface area contributed by atoms with Crippen LogP contribution in [0.15, 0.2) is 36.4 Å². The molecule has 0 atom stereocenters. The minimum Gasteiger partial charge on any atom is -0.342 e. The lowest BCUT2D eigenvalue weighted by molar-refractivity contribution is 0.124. The van der Waals surface area contributed by atoms with E-state index in [0.29, 0.717) is 26.2 Å². The molecule has 1 N–H and O–H groups in total. The molecule has 0 saturated carbocycles. The van der Waals surface area contributed by atoms with Crippen LogP contribution in [0.3, 0.4) is 0 Å². The zero-order chi connectivity index (χ0) is 24.7. The average molecular weight is 467 g/mol. The summed E-state index contributed by atoms with van der Waals surface area (Å²) in [5.74, 6) is 1.01. The van der Waals surface area contributed by atoms with Crippen molar-refractivity contribution in [2.75, 3.05) is 26.3 Å². The molecule has 0 bridgehead atoms. The topological polar surface area (TPSA) is 52.2 Å². The molecule has 3 aromatic rings. The van der Waals surface area contributed by atoms with Crippen molar-refractivity contribution in [3.8, 4) is 11.1 Å². The predicted molar refractivity (Wildman–Crippen MR) is 139 cm³/mol. The van der Waals surface area contributed by atoms with Crippen LogP contribution in [-0.4, -0.2) is 52.1 Å². The van der Waals surface area contributed by atoms with Crippen molar-refractivity contribution >= 4 is 17.1 Å². The van der Waals surface area contributed by atoms with Gasteiger partial charge < -0.3 is 14.8 Å². The summed E-state index contributed by atoms with van der Waals surface area (Å²) in [7, 11) is 0. The molecule has 2 amide bonds. The van der Waals surface area contributed by atoms with E-state index >= 15 is 0 Å². The molecule has 2 aromatic carbocycles. The van der Waals surface area contributed by atoms with Gasteiger partial charge in [-0.15, -0.1) is 0 Å². The normalized spacial score (nSPS) is 14.1. The van der Waals surface area contributed by atoms with Gasteiger partial charge in [0.05, 0.1) is 17.7 Å². The van der Waals surface area contributed by atoms with Gasteiger partial charge in [-0.2, -0.15) is 0 Å². The van der Waals surface area contributed by atoms with E-state index in [0.717, 1.165) is 52.8 Å². The molecule has 184 valence electrons. The van der Waals surface area contributed by atoms with Crippen LogP contribution in [0, 0.1) is 19.8 Å². The number of imidazole rings is 1. The minimum absolute atomic E-state index is 0.0725. The van der Waals surface area contributed by atoms with E-state index in [1.807, 2.05) is 36.6 Å². The van der Waals surface area contributed by atoms with Gasteiger partial charge in [-0.05, 0) is 79.5 Å². The molecule has 2 heterocycles. The van der Waals surface area contributed by atoms with E-state index in [2.05, 4.69) is 54.1 Å². The summed E-state index contributed by atoms with van der Waals surface area (Å²) in [6.07, 6.45) is 2.42. The second-order valence-electron chi connectivity index (χ2n) is 8.98. The van der Waals surface area contributed by atoms with Crippen molar-refractivity contribution in [1.29, 1.82) is 0 Å². The number of amides is 2. The van der Waals surface area contributed by atoms with Crippen molar-refractivity contribution in [2.45, 2.75) is 60.4 Å². The summed E-state index contributed by atoms with van der Waals surface area (Å²) in [6.45, 7) is 12.5. The SMILES string of the molecule is CC.CCCN(Cc1cc(-c2ccc3nc(C)[nH]c3c2)ccc1C)C(=O)N1CCC(CF)CC1. The number of benzene rings is 2. The number of aryl methyl sites for hydroxylation is 2. The van der Waals surface area contributed by atoms with Gasteiger partial charge in [0.15, 0.2) is 0 Å². The van der Waals surface area contributed by atoms with Crippen LogP contribution in [0.5, 0.6) is 0 Å². The Labute approximate surface area is 203 Å². The Kier molecular flexibility index (Phi) is 9.08. The lowest BCUT2D eigenvalue weighted by Crippen LogP contribution is -2.47. The minimum atomic E-state index is -0.281. The number of urea groups is 1. The number of rotatable bonds is 6. The summed E-state index contributed by atoms with van der Waals surface area (Å²) >= 11 is 0. The summed E-state index contributed by atoms with van der Waals surface area (Å²) in [5, 5.41) is 0. The predicted octanol–water partition coefficient (Wildman–Crippen LogP) is 6.89. The van der Waals surface area contributed by atoms with Gasteiger partial charge in [0, 0.05) is 26.2 Å². The van der Waals surface area contributed by atoms with Crippen LogP contribution in [0.2, 0.25) is 0 Å². The fraction of sp³-hybridized carbons (Fsp3) is 0.500. The molecule has 1 fully saturated rings.